The Balaban J connectivity index is 2.29. The summed E-state index contributed by atoms with van der Waals surface area (Å²) in [7, 11) is 0. The van der Waals surface area contributed by atoms with Crippen LogP contribution in [0.15, 0.2) is 24.4 Å². The minimum absolute atomic E-state index is 0.0291. The van der Waals surface area contributed by atoms with Crippen LogP contribution in [0, 0.1) is 5.92 Å². The van der Waals surface area contributed by atoms with Gasteiger partial charge in [0.2, 0.25) is 5.91 Å². The Bertz CT molecular complexity index is 338. The Morgan fingerprint density at radius 2 is 2.12 bits per heavy atom. The molecule has 1 aromatic rings. The zero-order valence-corrected chi connectivity index (χ0v) is 10.7. The van der Waals surface area contributed by atoms with Gasteiger partial charge in [0.15, 0.2) is 0 Å². The van der Waals surface area contributed by atoms with E-state index in [0.717, 1.165) is 12.2 Å². The van der Waals surface area contributed by atoms with Gasteiger partial charge in [-0.05, 0) is 25.0 Å². The molecule has 0 radical (unpaired) electrons. The summed E-state index contributed by atoms with van der Waals surface area (Å²) in [5.41, 5.74) is 0.948. The van der Waals surface area contributed by atoms with Gasteiger partial charge in [0.05, 0.1) is 12.2 Å². The van der Waals surface area contributed by atoms with Gasteiger partial charge in [0.25, 0.3) is 0 Å². The highest BCUT2D eigenvalue weighted by molar-refractivity contribution is 5.78. The van der Waals surface area contributed by atoms with Gasteiger partial charge >= 0.3 is 0 Å². The molecule has 1 atom stereocenters. The number of hydrogen-bond acceptors (Lipinski definition) is 3. The third-order valence-corrected chi connectivity index (χ3v) is 2.41. The molecule has 0 bridgehead atoms. The fraction of sp³-hybridized carbons (Fsp3) is 0.538. The molecule has 0 aliphatic carbocycles. The van der Waals surface area contributed by atoms with Gasteiger partial charge in [0.1, 0.15) is 0 Å². The summed E-state index contributed by atoms with van der Waals surface area (Å²) in [4.78, 5) is 15.7. The van der Waals surface area contributed by atoms with Crippen molar-refractivity contribution in [2.45, 2.75) is 26.8 Å². The van der Waals surface area contributed by atoms with E-state index in [0.29, 0.717) is 12.5 Å². The summed E-state index contributed by atoms with van der Waals surface area (Å²) >= 11 is 0. The van der Waals surface area contributed by atoms with Gasteiger partial charge in [-0.25, -0.2) is 0 Å². The fourth-order valence-electron chi connectivity index (χ4n) is 1.36. The van der Waals surface area contributed by atoms with Crippen LogP contribution in [-0.4, -0.2) is 24.0 Å². The molecule has 0 saturated heterocycles. The molecule has 4 nitrogen and oxygen atoms in total. The summed E-state index contributed by atoms with van der Waals surface area (Å²) < 4.78 is 0. The van der Waals surface area contributed by atoms with E-state index in [1.54, 1.807) is 6.20 Å². The molecule has 17 heavy (non-hydrogen) atoms. The largest absolute Gasteiger partial charge is 0.355 e. The predicted molar refractivity (Wildman–Crippen MR) is 68.5 cm³/mol. The standard InChI is InChI=1S/C13H21N3O/c1-10(2)8-16-13(17)9-15-11(3)12-6-4-5-7-14-12/h4-7,10-11,15H,8-9H2,1-3H3,(H,16,17). The number of nitrogens with one attached hydrogen (secondary N) is 2. The average Bonchev–Trinajstić information content (AvgIpc) is 2.34. The quantitative estimate of drug-likeness (QED) is 0.785. The molecule has 94 valence electrons. The van der Waals surface area contributed by atoms with Crippen molar-refractivity contribution in [1.29, 1.82) is 0 Å². The SMILES string of the molecule is CC(C)CNC(=O)CNC(C)c1ccccn1. The third kappa shape index (κ3) is 5.45. The van der Waals surface area contributed by atoms with Crippen molar-refractivity contribution >= 4 is 5.91 Å². The van der Waals surface area contributed by atoms with Crippen LogP contribution >= 0.6 is 0 Å². The second-order valence-corrected chi connectivity index (χ2v) is 4.56. The minimum atomic E-state index is 0.0291. The van der Waals surface area contributed by atoms with Crippen molar-refractivity contribution in [3.05, 3.63) is 30.1 Å². The second-order valence-electron chi connectivity index (χ2n) is 4.56. The first-order valence-electron chi connectivity index (χ1n) is 6.00. The van der Waals surface area contributed by atoms with Crippen LogP contribution in [-0.2, 0) is 4.79 Å². The zero-order valence-electron chi connectivity index (χ0n) is 10.7. The van der Waals surface area contributed by atoms with Gasteiger partial charge < -0.3 is 10.6 Å². The van der Waals surface area contributed by atoms with Crippen molar-refractivity contribution in [2.24, 2.45) is 5.92 Å². The van der Waals surface area contributed by atoms with Crippen LogP contribution in [0.4, 0.5) is 0 Å². The topological polar surface area (TPSA) is 54.0 Å². The summed E-state index contributed by atoms with van der Waals surface area (Å²) in [6.07, 6.45) is 1.76. The molecule has 0 fully saturated rings. The lowest BCUT2D eigenvalue weighted by Crippen LogP contribution is -2.36. The number of aromatic nitrogens is 1. The molecule has 4 heteroatoms. The van der Waals surface area contributed by atoms with Crippen LogP contribution in [0.2, 0.25) is 0 Å². The Morgan fingerprint density at radius 3 is 2.71 bits per heavy atom. The molecule has 0 aromatic carbocycles. The maximum atomic E-state index is 11.5. The van der Waals surface area contributed by atoms with E-state index in [1.165, 1.54) is 0 Å². The Labute approximate surface area is 103 Å². The highest BCUT2D eigenvalue weighted by Crippen LogP contribution is 2.06. The van der Waals surface area contributed by atoms with Crippen LogP contribution in [0.25, 0.3) is 0 Å². The molecule has 0 aliphatic heterocycles. The maximum Gasteiger partial charge on any atom is 0.233 e. The van der Waals surface area contributed by atoms with Crippen molar-refractivity contribution in [3.63, 3.8) is 0 Å². The number of carbonyl (C=O) groups excluding carboxylic acids is 1. The van der Waals surface area contributed by atoms with Crippen molar-refractivity contribution in [3.8, 4) is 0 Å². The second kappa shape index (κ2) is 7.01. The first-order valence-corrected chi connectivity index (χ1v) is 6.00. The first-order chi connectivity index (χ1) is 8.09. The van der Waals surface area contributed by atoms with Gasteiger partial charge in [-0.3, -0.25) is 9.78 Å². The minimum Gasteiger partial charge on any atom is -0.355 e. The Morgan fingerprint density at radius 1 is 1.35 bits per heavy atom. The molecule has 1 unspecified atom stereocenters. The van der Waals surface area contributed by atoms with Gasteiger partial charge in [0, 0.05) is 18.8 Å². The highest BCUT2D eigenvalue weighted by atomic mass is 16.1. The predicted octanol–water partition coefficient (Wildman–Crippen LogP) is 1.50. The van der Waals surface area contributed by atoms with E-state index in [1.807, 2.05) is 25.1 Å². The number of pyridine rings is 1. The molecule has 1 rings (SSSR count). The fourth-order valence-corrected chi connectivity index (χ4v) is 1.36. The smallest absolute Gasteiger partial charge is 0.233 e. The monoisotopic (exact) mass is 235 g/mol. The van der Waals surface area contributed by atoms with Gasteiger partial charge in [-0.2, -0.15) is 0 Å². The highest BCUT2D eigenvalue weighted by Gasteiger charge is 2.08. The number of carbonyl (C=O) groups is 1. The molecule has 1 amide bonds. The Kier molecular flexibility index (Phi) is 5.63. The van der Waals surface area contributed by atoms with E-state index >= 15 is 0 Å². The lowest BCUT2D eigenvalue weighted by Gasteiger charge is -2.13. The number of hydrogen-bond donors (Lipinski definition) is 2. The van der Waals surface area contributed by atoms with E-state index < -0.39 is 0 Å². The number of amides is 1. The van der Waals surface area contributed by atoms with Crippen molar-refractivity contribution < 1.29 is 4.79 Å². The van der Waals surface area contributed by atoms with Crippen LogP contribution in [0.5, 0.6) is 0 Å². The zero-order chi connectivity index (χ0) is 12.7. The number of rotatable bonds is 6. The molecule has 1 aromatic heterocycles. The van der Waals surface area contributed by atoms with E-state index in [-0.39, 0.29) is 11.9 Å². The summed E-state index contributed by atoms with van der Waals surface area (Å²) in [5.74, 6) is 0.508. The average molecular weight is 235 g/mol. The van der Waals surface area contributed by atoms with Gasteiger partial charge in [-0.15, -0.1) is 0 Å². The van der Waals surface area contributed by atoms with Crippen LogP contribution in [0.3, 0.4) is 0 Å². The van der Waals surface area contributed by atoms with Crippen molar-refractivity contribution in [1.82, 2.24) is 15.6 Å². The van der Waals surface area contributed by atoms with Crippen LogP contribution < -0.4 is 10.6 Å². The van der Waals surface area contributed by atoms with Gasteiger partial charge in [-0.1, -0.05) is 19.9 Å². The third-order valence-electron chi connectivity index (χ3n) is 2.41. The lowest BCUT2D eigenvalue weighted by atomic mass is 10.2. The first kappa shape index (κ1) is 13.6. The molecule has 0 saturated carbocycles. The number of nitrogens with zero attached hydrogens (tertiary/aromatic N) is 1. The lowest BCUT2D eigenvalue weighted by molar-refractivity contribution is -0.120. The van der Waals surface area contributed by atoms with E-state index in [4.69, 9.17) is 0 Å². The summed E-state index contributed by atoms with van der Waals surface area (Å²) in [5, 5.41) is 6.01. The normalized spacial score (nSPS) is 12.5. The maximum absolute atomic E-state index is 11.5. The molecule has 2 N–H and O–H groups in total. The van der Waals surface area contributed by atoms with Crippen LogP contribution in [0.1, 0.15) is 32.5 Å². The summed E-state index contributed by atoms with van der Waals surface area (Å²) in [6.45, 7) is 7.19. The molecule has 0 spiro atoms. The van der Waals surface area contributed by atoms with Crippen molar-refractivity contribution in [2.75, 3.05) is 13.1 Å². The van der Waals surface area contributed by atoms with E-state index in [9.17, 15) is 4.79 Å². The molecule has 1 heterocycles. The molecule has 0 aliphatic rings. The summed E-state index contributed by atoms with van der Waals surface area (Å²) in [6, 6.07) is 5.86. The van der Waals surface area contributed by atoms with E-state index in [2.05, 4.69) is 29.5 Å². The molecular weight excluding hydrogens is 214 g/mol. The Hall–Kier alpha value is -1.42. The molecular formula is C13H21N3O.